The van der Waals surface area contributed by atoms with E-state index in [0.717, 1.165) is 38.0 Å². The van der Waals surface area contributed by atoms with Gasteiger partial charge >= 0.3 is 0 Å². The molecule has 4 heterocycles. The lowest BCUT2D eigenvalue weighted by atomic mass is 9.67. The molecule has 0 saturated carbocycles. The van der Waals surface area contributed by atoms with Crippen LogP contribution in [0.5, 0.6) is 0 Å². The van der Waals surface area contributed by atoms with Gasteiger partial charge in [-0.1, -0.05) is 36.4 Å². The number of nitrogens with zero attached hydrogens (tertiary/aromatic N) is 2. The van der Waals surface area contributed by atoms with Gasteiger partial charge in [0.1, 0.15) is 0 Å². The van der Waals surface area contributed by atoms with Gasteiger partial charge in [0.2, 0.25) is 5.91 Å². The molecule has 164 valence electrons. The molecule has 0 radical (unpaired) electrons. The highest BCUT2D eigenvalue weighted by Gasteiger charge is 2.45. The zero-order valence-electron chi connectivity index (χ0n) is 18.5. The quantitative estimate of drug-likeness (QED) is 0.761. The second kappa shape index (κ2) is 7.63. The average molecular weight is 421 g/mol. The van der Waals surface area contributed by atoms with Crippen molar-refractivity contribution in [3.63, 3.8) is 0 Å². The number of carbonyl (C=O) groups excluding carboxylic acids is 1. The summed E-state index contributed by atoms with van der Waals surface area (Å²) >= 11 is 0. The van der Waals surface area contributed by atoms with Gasteiger partial charge in [-0.05, 0) is 50.7 Å². The maximum atomic E-state index is 13.7. The van der Waals surface area contributed by atoms with Crippen molar-refractivity contribution in [2.24, 2.45) is 5.92 Å². The van der Waals surface area contributed by atoms with E-state index in [1.54, 1.807) is 6.07 Å². The Kier molecular flexibility index (Phi) is 5.04. The van der Waals surface area contributed by atoms with E-state index in [2.05, 4.69) is 49.1 Å². The van der Waals surface area contributed by atoms with Gasteiger partial charge in [-0.15, -0.1) is 0 Å². The van der Waals surface area contributed by atoms with Crippen LogP contribution in [0.2, 0.25) is 0 Å². The minimum atomic E-state index is -0.243. The van der Waals surface area contributed by atoms with Crippen LogP contribution >= 0.6 is 0 Å². The third kappa shape index (κ3) is 3.84. The highest BCUT2D eigenvalue weighted by molar-refractivity contribution is 5.78. The fraction of sp³-hybridized carbons (Fsp3) is 0.538. The maximum absolute atomic E-state index is 13.7. The zero-order valence-corrected chi connectivity index (χ0v) is 18.5. The van der Waals surface area contributed by atoms with Crippen molar-refractivity contribution in [2.75, 3.05) is 19.7 Å². The number of aromatic nitrogens is 1. The molecule has 5 rings (SSSR count). The lowest BCUT2D eigenvalue weighted by Gasteiger charge is -2.47. The van der Waals surface area contributed by atoms with Crippen molar-refractivity contribution < 1.29 is 9.53 Å². The van der Waals surface area contributed by atoms with Crippen LogP contribution in [0.15, 0.2) is 53.3 Å². The summed E-state index contributed by atoms with van der Waals surface area (Å²) in [5.41, 5.74) is 1.98. The number of carbonyl (C=O) groups is 1. The summed E-state index contributed by atoms with van der Waals surface area (Å²) in [6.45, 7) is 7.13. The van der Waals surface area contributed by atoms with Crippen LogP contribution in [-0.4, -0.2) is 40.7 Å². The minimum Gasteiger partial charge on any atom is -0.376 e. The number of ether oxygens (including phenoxy) is 1. The molecule has 2 saturated heterocycles. The Labute approximate surface area is 184 Å². The number of hydrogen-bond donors (Lipinski definition) is 0. The third-order valence-electron chi connectivity index (χ3n) is 7.55. The highest BCUT2D eigenvalue weighted by atomic mass is 16.5. The van der Waals surface area contributed by atoms with E-state index in [-0.39, 0.29) is 28.4 Å². The number of benzene rings is 1. The smallest absolute Gasteiger partial charge is 0.250 e. The molecule has 0 N–H and O–H groups in total. The Morgan fingerprint density at radius 1 is 1.06 bits per heavy atom. The number of amides is 1. The van der Waals surface area contributed by atoms with Gasteiger partial charge in [0, 0.05) is 55.8 Å². The van der Waals surface area contributed by atoms with E-state index in [4.69, 9.17) is 4.74 Å². The molecular formula is C26H32N2O3. The van der Waals surface area contributed by atoms with Gasteiger partial charge in [0.25, 0.3) is 5.56 Å². The Hall–Kier alpha value is -2.40. The Morgan fingerprint density at radius 3 is 2.65 bits per heavy atom. The Balaban J connectivity index is 1.40. The SMILES string of the molecule is CC1(C)C[C@@](CC(=O)N2C[C@@H]3C[C@H](C2)c2cccc(=O)n2C3)(c2ccccc2)CCO1. The molecule has 3 atom stereocenters. The van der Waals surface area contributed by atoms with Crippen LogP contribution in [-0.2, 0) is 21.5 Å². The topological polar surface area (TPSA) is 51.5 Å². The molecule has 0 spiro atoms. The van der Waals surface area contributed by atoms with E-state index in [0.29, 0.717) is 25.5 Å². The van der Waals surface area contributed by atoms with Gasteiger partial charge in [0.05, 0.1) is 5.60 Å². The molecular weight excluding hydrogens is 388 g/mol. The number of piperidine rings is 1. The summed E-state index contributed by atoms with van der Waals surface area (Å²) in [6.07, 6.45) is 3.29. The van der Waals surface area contributed by atoms with Crippen molar-refractivity contribution in [3.05, 3.63) is 70.1 Å². The molecule has 2 aromatic rings. The first-order valence-corrected chi connectivity index (χ1v) is 11.5. The summed E-state index contributed by atoms with van der Waals surface area (Å²) in [6, 6.07) is 16.1. The van der Waals surface area contributed by atoms with Crippen LogP contribution in [0, 0.1) is 5.92 Å². The largest absolute Gasteiger partial charge is 0.376 e. The highest BCUT2D eigenvalue weighted by Crippen LogP contribution is 2.45. The molecule has 5 nitrogen and oxygen atoms in total. The summed E-state index contributed by atoms with van der Waals surface area (Å²) in [5.74, 6) is 0.848. The van der Waals surface area contributed by atoms with Gasteiger partial charge in [0.15, 0.2) is 0 Å². The Morgan fingerprint density at radius 2 is 1.87 bits per heavy atom. The van der Waals surface area contributed by atoms with Gasteiger partial charge in [-0.25, -0.2) is 0 Å². The lowest BCUT2D eigenvalue weighted by molar-refractivity contribution is -0.139. The molecule has 0 aliphatic carbocycles. The van der Waals surface area contributed by atoms with E-state index < -0.39 is 0 Å². The zero-order chi connectivity index (χ0) is 21.6. The van der Waals surface area contributed by atoms with Crippen molar-refractivity contribution in [1.82, 2.24) is 9.47 Å². The third-order valence-corrected chi connectivity index (χ3v) is 7.55. The van der Waals surface area contributed by atoms with E-state index in [1.165, 1.54) is 5.56 Å². The molecule has 5 heteroatoms. The number of fused-ring (bicyclic) bond motifs is 4. The molecule has 2 bridgehead atoms. The normalized spacial score (nSPS) is 29.3. The summed E-state index contributed by atoms with van der Waals surface area (Å²) in [4.78, 5) is 28.1. The van der Waals surface area contributed by atoms with Gasteiger partial charge < -0.3 is 14.2 Å². The van der Waals surface area contributed by atoms with Gasteiger partial charge in [-0.3, -0.25) is 9.59 Å². The molecule has 1 aromatic heterocycles. The fourth-order valence-corrected chi connectivity index (χ4v) is 6.27. The van der Waals surface area contributed by atoms with E-state index >= 15 is 0 Å². The molecule has 0 unspecified atom stereocenters. The maximum Gasteiger partial charge on any atom is 0.250 e. The second-order valence-corrected chi connectivity index (χ2v) is 10.4. The van der Waals surface area contributed by atoms with Crippen LogP contribution in [0.4, 0.5) is 0 Å². The predicted octanol–water partition coefficient (Wildman–Crippen LogP) is 3.71. The monoisotopic (exact) mass is 420 g/mol. The standard InChI is InChI=1S/C26H32N2O3/c1-25(2)18-26(11-12-31-25,21-7-4-3-5-8-21)14-24(30)27-15-19-13-20(17-27)22-9-6-10-23(29)28(22)16-19/h3-10,19-20H,11-18H2,1-2H3/t19-,20+,26+/m0/s1. The van der Waals surface area contributed by atoms with Crippen molar-refractivity contribution in [2.45, 2.75) is 63.0 Å². The molecule has 2 fully saturated rings. The molecule has 1 amide bonds. The molecule has 3 aliphatic rings. The van der Waals surface area contributed by atoms with Crippen molar-refractivity contribution >= 4 is 5.91 Å². The number of hydrogen-bond acceptors (Lipinski definition) is 3. The summed E-state index contributed by atoms with van der Waals surface area (Å²) in [5, 5.41) is 0. The average Bonchev–Trinajstić information content (AvgIpc) is 2.74. The van der Waals surface area contributed by atoms with Crippen LogP contribution in [0.3, 0.4) is 0 Å². The van der Waals surface area contributed by atoms with Gasteiger partial charge in [-0.2, -0.15) is 0 Å². The van der Waals surface area contributed by atoms with Crippen LogP contribution in [0.25, 0.3) is 0 Å². The van der Waals surface area contributed by atoms with Crippen LogP contribution < -0.4 is 5.56 Å². The lowest BCUT2D eigenvalue weighted by Crippen LogP contribution is -2.52. The number of rotatable bonds is 3. The summed E-state index contributed by atoms with van der Waals surface area (Å²) in [7, 11) is 0. The van der Waals surface area contributed by atoms with Crippen LogP contribution in [0.1, 0.15) is 56.7 Å². The Bertz CT molecular complexity index is 1030. The fourth-order valence-electron chi connectivity index (χ4n) is 6.27. The molecule has 1 aromatic carbocycles. The van der Waals surface area contributed by atoms with E-state index in [9.17, 15) is 9.59 Å². The second-order valence-electron chi connectivity index (χ2n) is 10.4. The molecule has 31 heavy (non-hydrogen) atoms. The predicted molar refractivity (Wildman–Crippen MR) is 120 cm³/mol. The molecule has 3 aliphatic heterocycles. The number of likely N-dealkylation sites (tertiary alicyclic amines) is 1. The first-order chi connectivity index (χ1) is 14.9. The minimum absolute atomic E-state index is 0.0828. The number of pyridine rings is 1. The van der Waals surface area contributed by atoms with Crippen molar-refractivity contribution in [1.29, 1.82) is 0 Å². The first kappa shape index (κ1) is 20.5. The van der Waals surface area contributed by atoms with E-state index in [1.807, 2.05) is 16.7 Å². The summed E-state index contributed by atoms with van der Waals surface area (Å²) < 4.78 is 7.95. The first-order valence-electron chi connectivity index (χ1n) is 11.5. The van der Waals surface area contributed by atoms with Crippen molar-refractivity contribution in [3.8, 4) is 0 Å².